The first kappa shape index (κ1) is 22.6. The van der Waals surface area contributed by atoms with Gasteiger partial charge in [0.05, 0.1) is 36.4 Å². The van der Waals surface area contributed by atoms with Gasteiger partial charge in [0.2, 0.25) is 15.9 Å². The van der Waals surface area contributed by atoms with E-state index in [-0.39, 0.29) is 41.5 Å². The van der Waals surface area contributed by atoms with Gasteiger partial charge in [0.15, 0.2) is 0 Å². The molecule has 1 amide bonds. The Morgan fingerprint density at radius 2 is 1.90 bits per heavy atom. The number of amides is 1. The van der Waals surface area contributed by atoms with E-state index in [4.69, 9.17) is 9.47 Å². The fourth-order valence-electron chi connectivity index (χ4n) is 3.03. The van der Waals surface area contributed by atoms with Gasteiger partial charge >= 0.3 is 5.97 Å². The molecule has 3 rings (SSSR count). The molecule has 1 aliphatic heterocycles. The van der Waals surface area contributed by atoms with Crippen LogP contribution in [-0.2, 0) is 29.6 Å². The van der Waals surface area contributed by atoms with Crippen molar-refractivity contribution < 1.29 is 35.9 Å². The Labute approximate surface area is 179 Å². The van der Waals surface area contributed by atoms with Gasteiger partial charge in [-0.25, -0.2) is 25.9 Å². The van der Waals surface area contributed by atoms with E-state index >= 15 is 0 Å². The van der Waals surface area contributed by atoms with Gasteiger partial charge < -0.3 is 9.47 Å². The molecule has 0 atom stereocenters. The molecule has 12 heteroatoms. The molecule has 2 aromatic rings. The maximum Gasteiger partial charge on any atom is 0.340 e. The van der Waals surface area contributed by atoms with Crippen LogP contribution in [0.3, 0.4) is 0 Å². The van der Waals surface area contributed by atoms with Crippen molar-refractivity contribution in [1.29, 1.82) is 0 Å². The Morgan fingerprint density at radius 3 is 2.52 bits per heavy atom. The van der Waals surface area contributed by atoms with Crippen LogP contribution in [0.15, 0.2) is 47.4 Å². The van der Waals surface area contributed by atoms with E-state index in [0.29, 0.717) is 4.31 Å². The first-order valence-corrected chi connectivity index (χ1v) is 12.2. The van der Waals surface area contributed by atoms with Gasteiger partial charge in [-0.15, -0.1) is 0 Å². The summed E-state index contributed by atoms with van der Waals surface area (Å²) >= 11 is 0. The topological polar surface area (TPSA) is 136 Å². The van der Waals surface area contributed by atoms with Crippen LogP contribution >= 0.6 is 0 Å². The molecule has 0 aromatic heterocycles. The molecule has 0 radical (unpaired) electrons. The number of rotatable bonds is 7. The van der Waals surface area contributed by atoms with Crippen molar-refractivity contribution >= 4 is 43.3 Å². The number of carbonyl (C=O) groups is 2. The summed E-state index contributed by atoms with van der Waals surface area (Å²) in [6, 6.07) is 9.44. The zero-order valence-electron chi connectivity index (χ0n) is 16.7. The molecule has 0 unspecified atom stereocenters. The van der Waals surface area contributed by atoms with Gasteiger partial charge in [0.1, 0.15) is 10.6 Å². The van der Waals surface area contributed by atoms with Crippen LogP contribution in [0.5, 0.6) is 5.75 Å². The minimum atomic E-state index is -4.35. The standard InChI is InChI=1S/C19H20N2O8S2/c1-3-29-19(23)14-6-4-5-7-15(14)20-31(26,27)17-12-13(8-9-16(17)28-2)21-18(22)10-11-30(21,24)25/h4-9,12,20H,3,10-11H2,1-2H3. The first-order valence-electron chi connectivity index (χ1n) is 9.13. The molecule has 1 N–H and O–H groups in total. The summed E-state index contributed by atoms with van der Waals surface area (Å²) < 4.78 is 63.6. The summed E-state index contributed by atoms with van der Waals surface area (Å²) in [5.74, 6) is -1.80. The number of methoxy groups -OCH3 is 1. The van der Waals surface area contributed by atoms with Crippen molar-refractivity contribution in [1.82, 2.24) is 0 Å². The number of hydrogen-bond acceptors (Lipinski definition) is 8. The molecule has 0 bridgehead atoms. The molecular weight excluding hydrogens is 448 g/mol. The molecule has 1 heterocycles. The van der Waals surface area contributed by atoms with Crippen molar-refractivity contribution in [3.05, 3.63) is 48.0 Å². The first-order chi connectivity index (χ1) is 14.6. The monoisotopic (exact) mass is 468 g/mol. The average molecular weight is 469 g/mol. The van der Waals surface area contributed by atoms with Gasteiger partial charge in [-0.1, -0.05) is 12.1 Å². The van der Waals surface area contributed by atoms with E-state index in [9.17, 15) is 26.4 Å². The predicted octanol–water partition coefficient (Wildman–Crippen LogP) is 1.74. The van der Waals surface area contributed by atoms with Crippen LogP contribution in [-0.4, -0.2) is 48.2 Å². The Hall–Kier alpha value is -3.12. The molecule has 2 aromatic carbocycles. The number of benzene rings is 2. The van der Waals surface area contributed by atoms with Gasteiger partial charge in [-0.05, 0) is 37.3 Å². The van der Waals surface area contributed by atoms with Gasteiger partial charge in [-0.3, -0.25) is 9.52 Å². The molecule has 0 aliphatic carbocycles. The molecule has 0 saturated carbocycles. The lowest BCUT2D eigenvalue weighted by molar-refractivity contribution is -0.116. The number of esters is 1. The maximum atomic E-state index is 13.1. The third kappa shape index (κ3) is 4.49. The highest BCUT2D eigenvalue weighted by molar-refractivity contribution is 7.94. The molecule has 166 valence electrons. The van der Waals surface area contributed by atoms with Crippen molar-refractivity contribution in [2.24, 2.45) is 0 Å². The molecule has 1 saturated heterocycles. The molecule has 1 aliphatic rings. The van der Waals surface area contributed by atoms with E-state index in [0.717, 1.165) is 6.07 Å². The average Bonchev–Trinajstić information content (AvgIpc) is 3.00. The summed E-state index contributed by atoms with van der Waals surface area (Å²) in [5, 5.41) is 0. The van der Waals surface area contributed by atoms with Crippen LogP contribution < -0.4 is 13.8 Å². The van der Waals surface area contributed by atoms with Crippen molar-refractivity contribution in [3.63, 3.8) is 0 Å². The van der Waals surface area contributed by atoms with Crippen LogP contribution in [0.1, 0.15) is 23.7 Å². The van der Waals surface area contributed by atoms with Gasteiger partial charge in [-0.2, -0.15) is 0 Å². The van der Waals surface area contributed by atoms with Crippen molar-refractivity contribution in [3.8, 4) is 5.75 Å². The van der Waals surface area contributed by atoms with Gasteiger partial charge in [0.25, 0.3) is 10.0 Å². The van der Waals surface area contributed by atoms with Gasteiger partial charge in [0, 0.05) is 6.42 Å². The molecule has 31 heavy (non-hydrogen) atoms. The third-order valence-corrected chi connectivity index (χ3v) is 7.49. The SMILES string of the molecule is CCOC(=O)c1ccccc1NS(=O)(=O)c1cc(N2C(=O)CCS2(=O)=O)ccc1OC. The highest BCUT2D eigenvalue weighted by Crippen LogP contribution is 2.34. The van der Waals surface area contributed by atoms with Crippen molar-refractivity contribution in [2.45, 2.75) is 18.2 Å². The predicted molar refractivity (Wildman–Crippen MR) is 112 cm³/mol. The zero-order chi connectivity index (χ0) is 22.8. The number of nitrogens with zero attached hydrogens (tertiary/aromatic N) is 1. The smallest absolute Gasteiger partial charge is 0.340 e. The minimum Gasteiger partial charge on any atom is -0.495 e. The summed E-state index contributed by atoms with van der Waals surface area (Å²) in [4.78, 5) is 23.8. The number of para-hydroxylation sites is 1. The number of nitrogens with one attached hydrogen (secondary N) is 1. The Kier molecular flexibility index (Phi) is 6.23. The fraction of sp³-hybridized carbons (Fsp3) is 0.263. The molecule has 1 fully saturated rings. The summed E-state index contributed by atoms with van der Waals surface area (Å²) in [5.41, 5.74) is -0.152. The second-order valence-electron chi connectivity index (χ2n) is 6.43. The Bertz CT molecular complexity index is 1240. The zero-order valence-corrected chi connectivity index (χ0v) is 18.3. The lowest BCUT2D eigenvalue weighted by atomic mass is 10.2. The summed E-state index contributed by atoms with van der Waals surface area (Å²) in [6.45, 7) is 1.73. The number of carbonyl (C=O) groups excluding carboxylic acids is 2. The number of anilines is 2. The second kappa shape index (κ2) is 8.55. The van der Waals surface area contributed by atoms with Crippen LogP contribution in [0.25, 0.3) is 0 Å². The highest BCUT2D eigenvalue weighted by atomic mass is 32.2. The van der Waals surface area contributed by atoms with Crippen LogP contribution in [0.4, 0.5) is 11.4 Å². The normalized spacial score (nSPS) is 15.5. The number of sulfonamides is 2. The summed E-state index contributed by atoms with van der Waals surface area (Å²) in [6.07, 6.45) is -0.193. The van der Waals surface area contributed by atoms with E-state index in [1.807, 2.05) is 0 Å². The largest absolute Gasteiger partial charge is 0.495 e. The quantitative estimate of drug-likeness (QED) is 0.607. The maximum absolute atomic E-state index is 13.1. The van der Waals surface area contributed by atoms with Crippen molar-refractivity contribution in [2.75, 3.05) is 28.5 Å². The van der Waals surface area contributed by atoms with E-state index in [2.05, 4.69) is 4.72 Å². The van der Waals surface area contributed by atoms with Crippen LogP contribution in [0.2, 0.25) is 0 Å². The van der Waals surface area contributed by atoms with E-state index in [1.165, 1.54) is 37.4 Å². The fourth-order valence-corrected chi connectivity index (χ4v) is 5.75. The third-order valence-electron chi connectivity index (χ3n) is 4.42. The number of ether oxygens (including phenoxy) is 2. The lowest BCUT2D eigenvalue weighted by Crippen LogP contribution is -2.29. The second-order valence-corrected chi connectivity index (χ2v) is 10.0. The van der Waals surface area contributed by atoms with E-state index < -0.39 is 36.8 Å². The highest BCUT2D eigenvalue weighted by Gasteiger charge is 2.37. The molecule has 0 spiro atoms. The molecule has 10 nitrogen and oxygen atoms in total. The molecular formula is C19H20N2O8S2. The number of hydrogen-bond donors (Lipinski definition) is 1. The minimum absolute atomic E-state index is 0.000319. The van der Waals surface area contributed by atoms with E-state index in [1.54, 1.807) is 13.0 Å². The van der Waals surface area contributed by atoms with Crippen LogP contribution in [0, 0.1) is 0 Å². The Balaban J connectivity index is 2.06. The lowest BCUT2D eigenvalue weighted by Gasteiger charge is -2.18. The Morgan fingerprint density at radius 1 is 1.19 bits per heavy atom. The summed E-state index contributed by atoms with van der Waals surface area (Å²) in [7, 11) is -6.99.